The van der Waals surface area contributed by atoms with Gasteiger partial charge in [-0.3, -0.25) is 4.79 Å². The molecule has 94 valence electrons. The number of carbonyl (C=O) groups excluding carboxylic acids is 1. The molecule has 0 radical (unpaired) electrons. The molecule has 1 heterocycles. The van der Waals surface area contributed by atoms with Crippen LogP contribution in [0.3, 0.4) is 0 Å². The van der Waals surface area contributed by atoms with E-state index in [4.69, 9.17) is 0 Å². The normalized spacial score (nSPS) is 10.4. The van der Waals surface area contributed by atoms with E-state index in [0.29, 0.717) is 0 Å². The van der Waals surface area contributed by atoms with Crippen molar-refractivity contribution in [3.8, 4) is 0 Å². The molecule has 1 aromatic heterocycles. The zero-order chi connectivity index (χ0) is 13.1. The number of halogens is 1. The number of rotatable bonds is 3. The summed E-state index contributed by atoms with van der Waals surface area (Å²) >= 11 is 4.93. The van der Waals surface area contributed by atoms with Crippen LogP contribution in [0.2, 0.25) is 0 Å². The Morgan fingerprint density at radius 3 is 2.83 bits per heavy atom. The summed E-state index contributed by atoms with van der Waals surface area (Å²) < 4.78 is 1.05. The van der Waals surface area contributed by atoms with Crippen molar-refractivity contribution in [2.75, 3.05) is 5.32 Å². The molecule has 18 heavy (non-hydrogen) atoms. The van der Waals surface area contributed by atoms with Gasteiger partial charge in [-0.1, -0.05) is 22.9 Å². The molecule has 0 saturated heterocycles. The van der Waals surface area contributed by atoms with Crippen LogP contribution in [0.5, 0.6) is 0 Å². The second kappa shape index (κ2) is 5.67. The predicted octanol–water partition coefficient (Wildman–Crippen LogP) is 4.63. The van der Waals surface area contributed by atoms with E-state index in [1.165, 1.54) is 11.3 Å². The maximum Gasteiger partial charge on any atom is 0.266 e. The van der Waals surface area contributed by atoms with Gasteiger partial charge in [-0.15, -0.1) is 11.3 Å². The summed E-state index contributed by atoms with van der Waals surface area (Å²) in [7, 11) is 0. The molecule has 0 aliphatic carbocycles. The molecule has 0 saturated carbocycles. The molecule has 1 N–H and O–H groups in total. The van der Waals surface area contributed by atoms with Crippen LogP contribution >= 0.6 is 27.3 Å². The average Bonchev–Trinajstić information content (AvgIpc) is 2.82. The van der Waals surface area contributed by atoms with Gasteiger partial charge in [-0.25, -0.2) is 0 Å². The molecular weight excluding hydrogens is 310 g/mol. The van der Waals surface area contributed by atoms with Gasteiger partial charge in [0.25, 0.3) is 5.91 Å². The molecule has 1 aromatic carbocycles. The van der Waals surface area contributed by atoms with E-state index in [-0.39, 0.29) is 5.91 Å². The van der Waals surface area contributed by atoms with Gasteiger partial charge in [0.1, 0.15) is 0 Å². The van der Waals surface area contributed by atoms with Crippen LogP contribution in [0.25, 0.3) is 0 Å². The van der Waals surface area contributed by atoms with Crippen molar-refractivity contribution >= 4 is 38.9 Å². The topological polar surface area (TPSA) is 29.1 Å². The minimum atomic E-state index is -0.0245. The molecule has 0 unspecified atom stereocenters. The van der Waals surface area contributed by atoms with Crippen LogP contribution in [0.15, 0.2) is 34.1 Å². The lowest BCUT2D eigenvalue weighted by molar-refractivity contribution is 0.103. The third kappa shape index (κ3) is 2.82. The van der Waals surface area contributed by atoms with Crippen LogP contribution in [-0.4, -0.2) is 5.91 Å². The van der Waals surface area contributed by atoms with Gasteiger partial charge >= 0.3 is 0 Å². The lowest BCUT2D eigenvalue weighted by Gasteiger charge is -2.07. The first-order chi connectivity index (χ1) is 8.61. The van der Waals surface area contributed by atoms with Crippen molar-refractivity contribution < 1.29 is 4.79 Å². The Labute approximate surface area is 119 Å². The van der Waals surface area contributed by atoms with E-state index in [1.807, 2.05) is 36.6 Å². The minimum absolute atomic E-state index is 0.0245. The van der Waals surface area contributed by atoms with Gasteiger partial charge in [0, 0.05) is 10.2 Å². The number of nitrogens with one attached hydrogen (secondary N) is 1. The summed E-state index contributed by atoms with van der Waals surface area (Å²) in [4.78, 5) is 12.9. The van der Waals surface area contributed by atoms with Gasteiger partial charge in [0.05, 0.1) is 4.88 Å². The fourth-order valence-corrected chi connectivity index (χ4v) is 2.86. The number of aryl methyl sites for hydroxylation is 2. The van der Waals surface area contributed by atoms with Crippen molar-refractivity contribution in [2.24, 2.45) is 0 Å². The Morgan fingerprint density at radius 2 is 2.17 bits per heavy atom. The second-order valence-corrected chi connectivity index (χ2v) is 5.82. The van der Waals surface area contributed by atoms with E-state index in [2.05, 4.69) is 28.2 Å². The summed E-state index contributed by atoms with van der Waals surface area (Å²) in [5.41, 5.74) is 3.04. The number of benzene rings is 1. The van der Waals surface area contributed by atoms with Crippen LogP contribution < -0.4 is 5.32 Å². The standard InChI is InChI=1S/C14H14BrNOS/c1-3-10-6-7-18-13(10)14(17)16-11-4-5-12(15)9(2)8-11/h4-8H,3H2,1-2H3,(H,16,17). The van der Waals surface area contributed by atoms with Gasteiger partial charge < -0.3 is 5.32 Å². The van der Waals surface area contributed by atoms with Gasteiger partial charge in [-0.2, -0.15) is 0 Å². The van der Waals surface area contributed by atoms with Crippen molar-refractivity contribution in [3.63, 3.8) is 0 Å². The van der Waals surface area contributed by atoms with Gasteiger partial charge in [-0.05, 0) is 54.1 Å². The van der Waals surface area contributed by atoms with Crippen LogP contribution in [-0.2, 0) is 6.42 Å². The maximum absolute atomic E-state index is 12.1. The van der Waals surface area contributed by atoms with E-state index in [9.17, 15) is 4.79 Å². The maximum atomic E-state index is 12.1. The van der Waals surface area contributed by atoms with Crippen molar-refractivity contribution in [2.45, 2.75) is 20.3 Å². The van der Waals surface area contributed by atoms with E-state index in [0.717, 1.165) is 32.6 Å². The first-order valence-electron chi connectivity index (χ1n) is 5.75. The highest BCUT2D eigenvalue weighted by molar-refractivity contribution is 9.10. The molecule has 0 aliphatic heterocycles. The van der Waals surface area contributed by atoms with Crippen LogP contribution in [0, 0.1) is 6.92 Å². The predicted molar refractivity (Wildman–Crippen MR) is 80.5 cm³/mol. The molecular formula is C14H14BrNOS. The SMILES string of the molecule is CCc1ccsc1C(=O)Nc1ccc(Br)c(C)c1. The van der Waals surface area contributed by atoms with Crippen molar-refractivity contribution in [1.29, 1.82) is 0 Å². The monoisotopic (exact) mass is 323 g/mol. The molecule has 4 heteroatoms. The van der Waals surface area contributed by atoms with E-state index < -0.39 is 0 Å². The first kappa shape index (κ1) is 13.3. The largest absolute Gasteiger partial charge is 0.321 e. The molecule has 2 aromatic rings. The fourth-order valence-electron chi connectivity index (χ4n) is 1.72. The van der Waals surface area contributed by atoms with Crippen molar-refractivity contribution in [3.05, 3.63) is 50.1 Å². The van der Waals surface area contributed by atoms with Crippen LogP contribution in [0.4, 0.5) is 5.69 Å². The summed E-state index contributed by atoms with van der Waals surface area (Å²) in [5, 5.41) is 4.90. The highest BCUT2D eigenvalue weighted by atomic mass is 79.9. The highest BCUT2D eigenvalue weighted by Crippen LogP contribution is 2.22. The first-order valence-corrected chi connectivity index (χ1v) is 7.43. The molecule has 1 amide bonds. The molecule has 0 bridgehead atoms. The van der Waals surface area contributed by atoms with Gasteiger partial charge in [0.15, 0.2) is 0 Å². The number of hydrogen-bond donors (Lipinski definition) is 1. The Kier molecular flexibility index (Phi) is 4.19. The lowest BCUT2D eigenvalue weighted by Crippen LogP contribution is -2.12. The molecule has 2 nitrogen and oxygen atoms in total. The Bertz CT molecular complexity index is 577. The molecule has 0 aliphatic rings. The summed E-state index contributed by atoms with van der Waals surface area (Å²) in [6, 6.07) is 7.81. The van der Waals surface area contributed by atoms with E-state index >= 15 is 0 Å². The zero-order valence-electron chi connectivity index (χ0n) is 10.3. The van der Waals surface area contributed by atoms with E-state index in [1.54, 1.807) is 0 Å². The Hall–Kier alpha value is -1.13. The molecule has 0 atom stereocenters. The number of anilines is 1. The Morgan fingerprint density at radius 1 is 1.39 bits per heavy atom. The third-order valence-electron chi connectivity index (χ3n) is 2.75. The highest BCUT2D eigenvalue weighted by Gasteiger charge is 2.12. The minimum Gasteiger partial charge on any atom is -0.321 e. The number of thiophene rings is 1. The molecule has 0 fully saturated rings. The quantitative estimate of drug-likeness (QED) is 0.876. The lowest BCUT2D eigenvalue weighted by atomic mass is 10.2. The summed E-state index contributed by atoms with van der Waals surface area (Å²) in [6.07, 6.45) is 0.881. The van der Waals surface area contributed by atoms with Crippen LogP contribution in [0.1, 0.15) is 27.7 Å². The second-order valence-electron chi connectivity index (χ2n) is 4.05. The summed E-state index contributed by atoms with van der Waals surface area (Å²) in [5.74, 6) is -0.0245. The number of hydrogen-bond acceptors (Lipinski definition) is 2. The smallest absolute Gasteiger partial charge is 0.266 e. The zero-order valence-corrected chi connectivity index (χ0v) is 12.7. The third-order valence-corrected chi connectivity index (χ3v) is 4.59. The van der Waals surface area contributed by atoms with Crippen molar-refractivity contribution in [1.82, 2.24) is 0 Å². The number of carbonyl (C=O) groups is 1. The summed E-state index contributed by atoms with van der Waals surface area (Å²) in [6.45, 7) is 4.06. The fraction of sp³-hybridized carbons (Fsp3) is 0.214. The molecule has 2 rings (SSSR count). The van der Waals surface area contributed by atoms with Gasteiger partial charge in [0.2, 0.25) is 0 Å². The Balaban J connectivity index is 2.19. The molecule has 0 spiro atoms. The number of amides is 1. The average molecular weight is 324 g/mol.